The number of esters is 2. The van der Waals surface area contributed by atoms with Gasteiger partial charge in [0.15, 0.2) is 6.10 Å². The van der Waals surface area contributed by atoms with Crippen molar-refractivity contribution in [2.45, 2.75) is 277 Å². The van der Waals surface area contributed by atoms with E-state index in [0.717, 1.165) is 64.2 Å². The van der Waals surface area contributed by atoms with E-state index in [-0.39, 0.29) is 32.6 Å². The van der Waals surface area contributed by atoms with Crippen LogP contribution in [0.2, 0.25) is 0 Å². The third-order valence-corrected chi connectivity index (χ3v) is 13.8. The molecule has 10 heteroatoms. The summed E-state index contributed by atoms with van der Waals surface area (Å²) in [6, 6.07) is 0. The average molecular weight is 1040 g/mol. The number of hydrogen-bond acceptors (Lipinski definition) is 8. The third kappa shape index (κ3) is 58.3. The van der Waals surface area contributed by atoms with Gasteiger partial charge in [0.05, 0.1) is 13.2 Å². The van der Waals surface area contributed by atoms with Crippen molar-refractivity contribution in [3.63, 3.8) is 0 Å². The summed E-state index contributed by atoms with van der Waals surface area (Å²) in [6.07, 6.45) is 76.7. The number of ether oxygens (including phenoxy) is 2. The summed E-state index contributed by atoms with van der Waals surface area (Å²) in [4.78, 5) is 35.2. The predicted octanol–water partition coefficient (Wildman–Crippen LogP) is 19.1. The molecule has 0 saturated carbocycles. The largest absolute Gasteiger partial charge is 0.472 e. The van der Waals surface area contributed by atoms with Crippen molar-refractivity contribution < 1.29 is 37.6 Å². The molecule has 73 heavy (non-hydrogen) atoms. The molecule has 0 fully saturated rings. The van der Waals surface area contributed by atoms with Gasteiger partial charge in [0, 0.05) is 19.4 Å². The van der Waals surface area contributed by atoms with Crippen LogP contribution in [0.5, 0.6) is 0 Å². The first-order valence-corrected chi connectivity index (χ1v) is 31.6. The highest BCUT2D eigenvalue weighted by atomic mass is 31.2. The molecule has 0 spiro atoms. The molecule has 0 radical (unpaired) electrons. The summed E-state index contributed by atoms with van der Waals surface area (Å²) in [6.45, 7) is 3.59. The minimum Gasteiger partial charge on any atom is -0.462 e. The van der Waals surface area contributed by atoms with Gasteiger partial charge in [0.25, 0.3) is 0 Å². The third-order valence-electron chi connectivity index (χ3n) is 12.8. The molecule has 0 aliphatic heterocycles. The molecule has 0 saturated heterocycles. The van der Waals surface area contributed by atoms with Gasteiger partial charge >= 0.3 is 19.8 Å². The van der Waals surface area contributed by atoms with Gasteiger partial charge in [0.2, 0.25) is 0 Å². The Morgan fingerprint density at radius 2 is 0.753 bits per heavy atom. The number of rotatable bonds is 56. The van der Waals surface area contributed by atoms with E-state index in [0.29, 0.717) is 12.8 Å². The van der Waals surface area contributed by atoms with Gasteiger partial charge in [-0.3, -0.25) is 18.6 Å². The highest BCUT2D eigenvalue weighted by molar-refractivity contribution is 7.47. The van der Waals surface area contributed by atoms with Crippen molar-refractivity contribution in [1.82, 2.24) is 0 Å². The Bertz CT molecular complexity index is 1470. The lowest BCUT2D eigenvalue weighted by atomic mass is 10.0. The van der Waals surface area contributed by atoms with Crippen molar-refractivity contribution in [2.24, 2.45) is 5.73 Å². The SMILES string of the molecule is CC/C=C\C/C=C\C/C=C\C/C=C\C/C=C\C/C=C\C/C=C\CCCC(=O)OC(COC(=O)CCCCCCCCCCCCCCCCCCCCCCCCCCCCCCC)COP(=O)(O)OCCN. The molecule has 0 aromatic carbocycles. The van der Waals surface area contributed by atoms with Crippen LogP contribution in [0.4, 0.5) is 0 Å². The van der Waals surface area contributed by atoms with Crippen molar-refractivity contribution in [2.75, 3.05) is 26.4 Å². The summed E-state index contributed by atoms with van der Waals surface area (Å²) in [5.74, 6) is -0.892. The summed E-state index contributed by atoms with van der Waals surface area (Å²) < 4.78 is 33.0. The van der Waals surface area contributed by atoms with Gasteiger partial charge in [-0.15, -0.1) is 0 Å². The number of allylic oxidation sites excluding steroid dienone is 14. The van der Waals surface area contributed by atoms with E-state index in [1.165, 1.54) is 167 Å². The Hall–Kier alpha value is -2.81. The summed E-state index contributed by atoms with van der Waals surface area (Å²) in [5, 5.41) is 0. The fraction of sp³-hybridized carbons (Fsp3) is 0.746. The highest BCUT2D eigenvalue weighted by Crippen LogP contribution is 2.43. The van der Waals surface area contributed by atoms with Crippen LogP contribution in [0, 0.1) is 0 Å². The zero-order chi connectivity index (χ0) is 53.1. The van der Waals surface area contributed by atoms with Gasteiger partial charge in [-0.2, -0.15) is 0 Å². The van der Waals surface area contributed by atoms with Gasteiger partial charge in [-0.25, -0.2) is 4.57 Å². The summed E-state index contributed by atoms with van der Waals surface area (Å²) >= 11 is 0. The van der Waals surface area contributed by atoms with Crippen molar-refractivity contribution in [3.05, 3.63) is 85.1 Å². The number of unbranched alkanes of at least 4 members (excludes halogenated alkanes) is 29. The van der Waals surface area contributed by atoms with Gasteiger partial charge < -0.3 is 20.1 Å². The quantitative estimate of drug-likeness (QED) is 0.0264. The van der Waals surface area contributed by atoms with Crippen molar-refractivity contribution >= 4 is 19.8 Å². The molecule has 0 aliphatic carbocycles. The van der Waals surface area contributed by atoms with E-state index in [1.54, 1.807) is 0 Å². The first-order valence-electron chi connectivity index (χ1n) is 30.1. The number of carbonyl (C=O) groups excluding carboxylic acids is 2. The molecule has 0 aromatic heterocycles. The van der Waals surface area contributed by atoms with Crippen LogP contribution in [0.25, 0.3) is 0 Å². The van der Waals surface area contributed by atoms with Crippen LogP contribution in [0.1, 0.15) is 271 Å². The number of hydrogen-bond donors (Lipinski definition) is 2. The van der Waals surface area contributed by atoms with Crippen LogP contribution < -0.4 is 5.73 Å². The topological polar surface area (TPSA) is 134 Å². The Morgan fingerprint density at radius 1 is 0.425 bits per heavy atom. The number of carbonyl (C=O) groups is 2. The molecule has 0 heterocycles. The van der Waals surface area contributed by atoms with E-state index in [4.69, 9.17) is 24.3 Å². The lowest BCUT2D eigenvalue weighted by Gasteiger charge is -2.19. The normalized spacial score (nSPS) is 13.6. The molecule has 2 unspecified atom stereocenters. The van der Waals surface area contributed by atoms with E-state index < -0.39 is 32.5 Å². The maximum absolute atomic E-state index is 12.7. The van der Waals surface area contributed by atoms with Crippen LogP contribution in [0.15, 0.2) is 85.1 Å². The molecule has 3 N–H and O–H groups in total. The fourth-order valence-electron chi connectivity index (χ4n) is 8.39. The molecule has 0 aromatic rings. The Morgan fingerprint density at radius 3 is 1.11 bits per heavy atom. The minimum atomic E-state index is -4.41. The lowest BCUT2D eigenvalue weighted by Crippen LogP contribution is -2.29. The smallest absolute Gasteiger partial charge is 0.462 e. The number of phosphoric ester groups is 1. The highest BCUT2D eigenvalue weighted by Gasteiger charge is 2.26. The average Bonchev–Trinajstić information content (AvgIpc) is 3.38. The maximum atomic E-state index is 12.7. The van der Waals surface area contributed by atoms with E-state index in [2.05, 4.69) is 92.8 Å². The van der Waals surface area contributed by atoms with Gasteiger partial charge in [-0.1, -0.05) is 279 Å². The van der Waals surface area contributed by atoms with Crippen molar-refractivity contribution in [3.8, 4) is 0 Å². The van der Waals surface area contributed by atoms with Gasteiger partial charge in [-0.05, 0) is 64.2 Å². The van der Waals surface area contributed by atoms with E-state index in [9.17, 15) is 19.0 Å². The number of phosphoric acid groups is 1. The maximum Gasteiger partial charge on any atom is 0.472 e. The second-order valence-corrected chi connectivity index (χ2v) is 21.3. The lowest BCUT2D eigenvalue weighted by molar-refractivity contribution is -0.161. The Labute approximate surface area is 449 Å². The zero-order valence-corrected chi connectivity index (χ0v) is 48.0. The molecular weight excluding hydrogens is 930 g/mol. The van der Waals surface area contributed by atoms with Crippen LogP contribution in [-0.2, 0) is 32.7 Å². The summed E-state index contributed by atoms with van der Waals surface area (Å²) in [7, 11) is -4.41. The van der Waals surface area contributed by atoms with Crippen LogP contribution in [-0.4, -0.2) is 49.3 Å². The molecule has 0 aliphatic rings. The van der Waals surface area contributed by atoms with Crippen molar-refractivity contribution in [1.29, 1.82) is 0 Å². The number of nitrogens with two attached hydrogens (primary N) is 1. The van der Waals surface area contributed by atoms with Crippen LogP contribution in [0.3, 0.4) is 0 Å². The first kappa shape index (κ1) is 70.2. The molecule has 9 nitrogen and oxygen atoms in total. The molecule has 422 valence electrons. The fourth-order valence-corrected chi connectivity index (χ4v) is 9.16. The zero-order valence-electron chi connectivity index (χ0n) is 47.1. The van der Waals surface area contributed by atoms with Gasteiger partial charge in [0.1, 0.15) is 6.61 Å². The molecule has 0 bridgehead atoms. The molecular formula is C63H112NO8P. The Kier molecular flexibility index (Phi) is 56.2. The molecule has 2 atom stereocenters. The standard InChI is InChI=1S/C63H112NO8P/c1-3-5-7-9-11-13-15-17-19-21-23-25-27-28-29-30-31-32-34-35-37-39-41-43-45-47-49-51-53-55-62(65)69-59-61(60-71-73(67,68)70-58-57-64)72-63(66)56-54-52-50-48-46-44-42-40-38-36-33-26-24-22-20-18-16-14-12-10-8-6-4-2/h6,8,12,14,18,20,24,26,36,38,42,44,48,50,61H,3-5,7,9-11,13,15-17,19,21-23,25,27-35,37,39-41,43,45-47,49,51-60,64H2,1-2H3,(H,67,68)/b8-6-,14-12-,20-18-,26-24-,38-36-,44-42-,50-48-. The molecule has 0 amide bonds. The molecule has 0 rings (SSSR count). The minimum absolute atomic E-state index is 0.0411. The van der Waals surface area contributed by atoms with E-state index in [1.807, 2.05) is 6.08 Å². The predicted molar refractivity (Wildman–Crippen MR) is 312 cm³/mol. The summed E-state index contributed by atoms with van der Waals surface area (Å²) in [5.41, 5.74) is 5.38. The monoisotopic (exact) mass is 1040 g/mol. The second kappa shape index (κ2) is 58.5. The van der Waals surface area contributed by atoms with E-state index >= 15 is 0 Å². The first-order chi connectivity index (χ1) is 35.8. The second-order valence-electron chi connectivity index (χ2n) is 19.8. The van der Waals surface area contributed by atoms with Crippen LogP contribution >= 0.6 is 7.82 Å². The Balaban J connectivity index is 4.00.